The molecule has 5 rings (SSSR count). The first-order chi connectivity index (χ1) is 15.8. The molecular formula is C23H20ClN5O4. The second kappa shape index (κ2) is 7.56. The average Bonchev–Trinajstić information content (AvgIpc) is 3.37. The lowest BCUT2D eigenvalue weighted by molar-refractivity contribution is 0.414. The fourth-order valence-electron chi connectivity index (χ4n) is 4.00. The summed E-state index contributed by atoms with van der Waals surface area (Å²) in [5.74, 6) is 1.69. The molecule has 0 saturated carbocycles. The minimum Gasteiger partial charge on any atom is -0.497 e. The second-order valence-corrected chi connectivity index (χ2v) is 7.97. The van der Waals surface area contributed by atoms with E-state index in [0.717, 1.165) is 21.5 Å². The van der Waals surface area contributed by atoms with Gasteiger partial charge in [0, 0.05) is 31.9 Å². The molecule has 2 aromatic carbocycles. The minimum absolute atomic E-state index is 0.300. The maximum absolute atomic E-state index is 13.0. The van der Waals surface area contributed by atoms with Crippen LogP contribution in [0.15, 0.2) is 58.3 Å². The molecule has 0 bridgehead atoms. The van der Waals surface area contributed by atoms with Crippen LogP contribution in [-0.2, 0) is 14.1 Å². The quantitative estimate of drug-likeness (QED) is 0.407. The van der Waals surface area contributed by atoms with E-state index in [1.54, 1.807) is 37.8 Å². The SMILES string of the molecule is COc1cccc(-n2c(-c3ccc(OC)c(Cl)c3)cn3c4c(=O)n(C)c(=O)n(C)c4nc23)c1. The number of rotatable bonds is 4. The van der Waals surface area contributed by atoms with Crippen molar-refractivity contribution in [3.05, 3.63) is 74.5 Å². The van der Waals surface area contributed by atoms with Crippen molar-refractivity contribution < 1.29 is 9.47 Å². The third-order valence-corrected chi connectivity index (χ3v) is 6.02. The number of aryl methyl sites for hydroxylation is 1. The van der Waals surface area contributed by atoms with Crippen molar-refractivity contribution in [1.82, 2.24) is 23.1 Å². The molecule has 0 unspecified atom stereocenters. The summed E-state index contributed by atoms with van der Waals surface area (Å²) < 4.78 is 16.7. The number of benzene rings is 2. The Balaban J connectivity index is 1.93. The summed E-state index contributed by atoms with van der Waals surface area (Å²) in [6, 6.07) is 12.9. The van der Waals surface area contributed by atoms with Crippen LogP contribution >= 0.6 is 11.6 Å². The van der Waals surface area contributed by atoms with Crippen molar-refractivity contribution in [3.63, 3.8) is 0 Å². The number of nitrogens with zero attached hydrogens (tertiary/aromatic N) is 5. The summed E-state index contributed by atoms with van der Waals surface area (Å²) in [5.41, 5.74) is 2.04. The zero-order valence-electron chi connectivity index (χ0n) is 18.4. The van der Waals surface area contributed by atoms with Gasteiger partial charge in [0.25, 0.3) is 5.56 Å². The maximum Gasteiger partial charge on any atom is 0.332 e. The van der Waals surface area contributed by atoms with Gasteiger partial charge in [0.15, 0.2) is 11.2 Å². The number of hydrogen-bond donors (Lipinski definition) is 0. The van der Waals surface area contributed by atoms with Gasteiger partial charge in [0.05, 0.1) is 30.6 Å². The Morgan fingerprint density at radius 1 is 0.970 bits per heavy atom. The number of imidazole rings is 2. The number of hydrogen-bond acceptors (Lipinski definition) is 5. The molecule has 0 aliphatic rings. The fourth-order valence-corrected chi connectivity index (χ4v) is 4.26. The van der Waals surface area contributed by atoms with Gasteiger partial charge in [-0.25, -0.2) is 4.79 Å². The number of aromatic nitrogens is 5. The zero-order chi connectivity index (χ0) is 23.4. The topological polar surface area (TPSA) is 84.7 Å². The predicted molar refractivity (Wildman–Crippen MR) is 126 cm³/mol. The van der Waals surface area contributed by atoms with E-state index in [1.807, 2.05) is 41.1 Å². The lowest BCUT2D eigenvalue weighted by Gasteiger charge is -2.11. The normalized spacial score (nSPS) is 11.4. The van der Waals surface area contributed by atoms with Crippen molar-refractivity contribution in [1.29, 1.82) is 0 Å². The third kappa shape index (κ3) is 3.04. The maximum atomic E-state index is 13.0. The summed E-state index contributed by atoms with van der Waals surface area (Å²) in [5, 5.41) is 0.453. The zero-order valence-corrected chi connectivity index (χ0v) is 19.1. The molecule has 10 heteroatoms. The second-order valence-electron chi connectivity index (χ2n) is 7.56. The molecule has 0 N–H and O–H groups in total. The van der Waals surface area contributed by atoms with Gasteiger partial charge in [-0.15, -0.1) is 0 Å². The molecule has 9 nitrogen and oxygen atoms in total. The summed E-state index contributed by atoms with van der Waals surface area (Å²) in [6.07, 6.45) is 1.81. The van der Waals surface area contributed by atoms with Crippen molar-refractivity contribution in [2.45, 2.75) is 0 Å². The highest BCUT2D eigenvalue weighted by Gasteiger charge is 2.22. The van der Waals surface area contributed by atoms with Crippen LogP contribution in [0, 0.1) is 0 Å². The highest BCUT2D eigenvalue weighted by atomic mass is 35.5. The largest absolute Gasteiger partial charge is 0.497 e. The van der Waals surface area contributed by atoms with E-state index in [2.05, 4.69) is 4.98 Å². The molecule has 33 heavy (non-hydrogen) atoms. The van der Waals surface area contributed by atoms with Crippen molar-refractivity contribution in [2.75, 3.05) is 14.2 Å². The Labute approximate surface area is 192 Å². The molecule has 0 radical (unpaired) electrons. The molecule has 0 fully saturated rings. The van der Waals surface area contributed by atoms with Crippen molar-refractivity contribution in [2.24, 2.45) is 14.1 Å². The molecule has 3 aromatic heterocycles. The average molecular weight is 466 g/mol. The molecule has 0 spiro atoms. The number of ether oxygens (including phenoxy) is 2. The van der Waals surface area contributed by atoms with Crippen LogP contribution in [0.5, 0.6) is 11.5 Å². The van der Waals surface area contributed by atoms with Crippen LogP contribution in [0.1, 0.15) is 0 Å². The molecule has 3 heterocycles. The number of halogens is 1. The monoisotopic (exact) mass is 465 g/mol. The van der Waals surface area contributed by atoms with E-state index >= 15 is 0 Å². The Bertz CT molecular complexity index is 1670. The first-order valence-electron chi connectivity index (χ1n) is 10.0. The van der Waals surface area contributed by atoms with Crippen LogP contribution in [0.3, 0.4) is 0 Å². The van der Waals surface area contributed by atoms with Gasteiger partial charge in [-0.1, -0.05) is 17.7 Å². The van der Waals surface area contributed by atoms with Crippen LogP contribution in [0.2, 0.25) is 5.02 Å². The molecule has 0 aliphatic carbocycles. The Kier molecular flexibility index (Phi) is 4.79. The first kappa shape index (κ1) is 20.9. The Morgan fingerprint density at radius 2 is 1.76 bits per heavy atom. The molecule has 0 atom stereocenters. The van der Waals surface area contributed by atoms with E-state index in [4.69, 9.17) is 21.1 Å². The smallest absolute Gasteiger partial charge is 0.332 e. The van der Waals surface area contributed by atoms with Gasteiger partial charge >= 0.3 is 5.69 Å². The standard InChI is InChI=1S/C23H20ClN5O4/c1-26-20-19(21(30)27(2)23(26)31)28-12-17(13-8-9-18(33-4)16(24)10-13)29(22(28)25-20)14-6-5-7-15(11-14)32-3/h5-12H,1-4H3. The van der Waals surface area contributed by atoms with E-state index in [1.165, 1.54) is 11.6 Å². The molecule has 0 saturated heterocycles. The predicted octanol–water partition coefficient (Wildman–Crippen LogP) is 3.01. The summed E-state index contributed by atoms with van der Waals surface area (Å²) in [7, 11) is 6.20. The minimum atomic E-state index is -0.441. The highest BCUT2D eigenvalue weighted by molar-refractivity contribution is 6.32. The van der Waals surface area contributed by atoms with Crippen LogP contribution in [0.25, 0.3) is 33.9 Å². The van der Waals surface area contributed by atoms with Gasteiger partial charge < -0.3 is 9.47 Å². The van der Waals surface area contributed by atoms with Gasteiger partial charge in [-0.05, 0) is 30.3 Å². The van der Waals surface area contributed by atoms with Crippen molar-refractivity contribution >= 4 is 28.5 Å². The van der Waals surface area contributed by atoms with E-state index in [0.29, 0.717) is 33.5 Å². The van der Waals surface area contributed by atoms with Gasteiger partial charge in [0.2, 0.25) is 5.78 Å². The molecule has 0 aliphatic heterocycles. The van der Waals surface area contributed by atoms with Gasteiger partial charge in [-0.2, -0.15) is 4.98 Å². The lowest BCUT2D eigenvalue weighted by Crippen LogP contribution is -2.37. The summed E-state index contributed by atoms with van der Waals surface area (Å²) in [6.45, 7) is 0. The lowest BCUT2D eigenvalue weighted by atomic mass is 10.1. The van der Waals surface area contributed by atoms with E-state index in [9.17, 15) is 9.59 Å². The van der Waals surface area contributed by atoms with Gasteiger partial charge in [-0.3, -0.25) is 22.9 Å². The fraction of sp³-hybridized carbons (Fsp3) is 0.174. The van der Waals surface area contributed by atoms with E-state index in [-0.39, 0.29) is 0 Å². The summed E-state index contributed by atoms with van der Waals surface area (Å²) >= 11 is 6.41. The van der Waals surface area contributed by atoms with Gasteiger partial charge in [0.1, 0.15) is 11.5 Å². The van der Waals surface area contributed by atoms with Crippen LogP contribution < -0.4 is 20.7 Å². The molecule has 0 amide bonds. The molecule has 168 valence electrons. The van der Waals surface area contributed by atoms with Crippen LogP contribution in [-0.4, -0.2) is 37.3 Å². The molecule has 5 aromatic rings. The first-order valence-corrected chi connectivity index (χ1v) is 10.4. The number of methoxy groups -OCH3 is 2. The Morgan fingerprint density at radius 3 is 2.45 bits per heavy atom. The highest BCUT2D eigenvalue weighted by Crippen LogP contribution is 2.34. The molecular weight excluding hydrogens is 446 g/mol. The third-order valence-electron chi connectivity index (χ3n) is 5.72. The number of fused-ring (bicyclic) bond motifs is 3. The summed E-state index contributed by atoms with van der Waals surface area (Å²) in [4.78, 5) is 30.2. The Hall–Kier alpha value is -3.98. The van der Waals surface area contributed by atoms with E-state index < -0.39 is 11.2 Å². The van der Waals surface area contributed by atoms with Crippen molar-refractivity contribution in [3.8, 4) is 28.4 Å². The van der Waals surface area contributed by atoms with Crippen LogP contribution in [0.4, 0.5) is 0 Å².